The van der Waals surface area contributed by atoms with Gasteiger partial charge in [0, 0.05) is 10.9 Å². The molecule has 0 radical (unpaired) electrons. The lowest BCUT2D eigenvalue weighted by Crippen LogP contribution is -2.17. The predicted octanol–water partition coefficient (Wildman–Crippen LogP) is 3.64. The fourth-order valence-corrected chi connectivity index (χ4v) is 3.47. The van der Waals surface area contributed by atoms with Crippen LogP contribution >= 0.6 is 11.3 Å². The summed E-state index contributed by atoms with van der Waals surface area (Å²) < 4.78 is 10.7. The summed E-state index contributed by atoms with van der Waals surface area (Å²) in [5.41, 5.74) is 2.54. The van der Waals surface area contributed by atoms with E-state index in [0.717, 1.165) is 23.5 Å². The van der Waals surface area contributed by atoms with Gasteiger partial charge in [0.15, 0.2) is 0 Å². The van der Waals surface area contributed by atoms with Crippen molar-refractivity contribution in [1.82, 2.24) is 5.32 Å². The Morgan fingerprint density at radius 3 is 2.30 bits per heavy atom. The van der Waals surface area contributed by atoms with E-state index in [-0.39, 0.29) is 6.04 Å². The molecule has 0 aliphatic carbocycles. The smallest absolute Gasteiger partial charge is 0.122 e. The van der Waals surface area contributed by atoms with Crippen LogP contribution in [0.25, 0.3) is 0 Å². The maximum atomic E-state index is 5.36. The molecule has 4 heteroatoms. The molecule has 1 N–H and O–H groups in total. The number of hydrogen-bond acceptors (Lipinski definition) is 4. The van der Waals surface area contributed by atoms with Gasteiger partial charge in [-0.2, -0.15) is 0 Å². The summed E-state index contributed by atoms with van der Waals surface area (Å²) in [4.78, 5) is 1.35. The highest BCUT2D eigenvalue weighted by Gasteiger charge is 2.18. The first-order valence-corrected chi connectivity index (χ1v) is 7.57. The molecule has 2 rings (SSSR count). The Bertz CT molecular complexity index is 543. The standard InChI is InChI=1S/C16H21NO2S/c1-5-11-6-7-20-16(11)15(17-2)12-8-13(18-3)10-14(9-12)19-4/h6-10,15,17H,5H2,1-4H3. The minimum absolute atomic E-state index is 0.161. The monoisotopic (exact) mass is 291 g/mol. The lowest BCUT2D eigenvalue weighted by atomic mass is 10.0. The molecule has 0 aliphatic rings. The van der Waals surface area contributed by atoms with E-state index < -0.39 is 0 Å². The number of hydrogen-bond donors (Lipinski definition) is 1. The van der Waals surface area contributed by atoms with Crippen LogP contribution in [-0.2, 0) is 6.42 Å². The normalized spacial score (nSPS) is 12.2. The number of ether oxygens (including phenoxy) is 2. The van der Waals surface area contributed by atoms with E-state index in [4.69, 9.17) is 9.47 Å². The van der Waals surface area contributed by atoms with Crippen LogP contribution in [0.2, 0.25) is 0 Å². The molecule has 1 aromatic heterocycles. The summed E-state index contributed by atoms with van der Waals surface area (Å²) in [7, 11) is 5.33. The van der Waals surface area contributed by atoms with Crippen molar-refractivity contribution >= 4 is 11.3 Å². The van der Waals surface area contributed by atoms with Crippen LogP contribution in [0.4, 0.5) is 0 Å². The number of thiophene rings is 1. The third-order valence-electron chi connectivity index (χ3n) is 3.42. The zero-order chi connectivity index (χ0) is 14.5. The molecule has 1 unspecified atom stereocenters. The summed E-state index contributed by atoms with van der Waals surface area (Å²) in [5.74, 6) is 1.63. The first kappa shape index (κ1) is 14.9. The fraction of sp³-hybridized carbons (Fsp3) is 0.375. The SMILES string of the molecule is CCc1ccsc1C(NC)c1cc(OC)cc(OC)c1. The van der Waals surface area contributed by atoms with Gasteiger partial charge in [-0.25, -0.2) is 0 Å². The van der Waals surface area contributed by atoms with Crippen molar-refractivity contribution in [2.24, 2.45) is 0 Å². The van der Waals surface area contributed by atoms with Crippen LogP contribution < -0.4 is 14.8 Å². The highest BCUT2D eigenvalue weighted by Crippen LogP contribution is 2.34. The first-order valence-electron chi connectivity index (χ1n) is 6.70. The van der Waals surface area contributed by atoms with Crippen LogP contribution in [0.15, 0.2) is 29.6 Å². The van der Waals surface area contributed by atoms with Gasteiger partial charge >= 0.3 is 0 Å². The largest absolute Gasteiger partial charge is 0.497 e. The Labute approximate surface area is 124 Å². The van der Waals surface area contributed by atoms with Crippen molar-refractivity contribution in [3.8, 4) is 11.5 Å². The van der Waals surface area contributed by atoms with Crippen molar-refractivity contribution < 1.29 is 9.47 Å². The molecule has 0 saturated carbocycles. The van der Waals surface area contributed by atoms with Gasteiger partial charge in [0.1, 0.15) is 11.5 Å². The molecule has 1 heterocycles. The van der Waals surface area contributed by atoms with Crippen molar-refractivity contribution in [2.45, 2.75) is 19.4 Å². The van der Waals surface area contributed by atoms with Gasteiger partial charge < -0.3 is 14.8 Å². The van der Waals surface area contributed by atoms with Crippen molar-refractivity contribution in [3.05, 3.63) is 45.6 Å². The second-order valence-electron chi connectivity index (χ2n) is 4.53. The third kappa shape index (κ3) is 2.97. The molecule has 1 atom stereocenters. The van der Waals surface area contributed by atoms with Crippen molar-refractivity contribution in [3.63, 3.8) is 0 Å². The summed E-state index contributed by atoms with van der Waals surface area (Å²) >= 11 is 1.78. The van der Waals surface area contributed by atoms with Gasteiger partial charge in [-0.15, -0.1) is 11.3 Å². The van der Waals surface area contributed by atoms with Gasteiger partial charge in [0.05, 0.1) is 20.3 Å². The maximum Gasteiger partial charge on any atom is 0.122 e. The maximum absolute atomic E-state index is 5.36. The second kappa shape index (κ2) is 6.77. The van der Waals surface area contributed by atoms with E-state index in [1.165, 1.54) is 10.4 Å². The van der Waals surface area contributed by atoms with E-state index in [0.29, 0.717) is 0 Å². The summed E-state index contributed by atoms with van der Waals surface area (Å²) in [6, 6.07) is 8.37. The molecule has 3 nitrogen and oxygen atoms in total. The number of rotatable bonds is 6. The van der Waals surface area contributed by atoms with Gasteiger partial charge in [-0.3, -0.25) is 0 Å². The van der Waals surface area contributed by atoms with Gasteiger partial charge in [0.2, 0.25) is 0 Å². The molecular weight excluding hydrogens is 270 g/mol. The molecule has 0 saturated heterocycles. The second-order valence-corrected chi connectivity index (χ2v) is 5.48. The highest BCUT2D eigenvalue weighted by molar-refractivity contribution is 7.10. The molecule has 20 heavy (non-hydrogen) atoms. The Morgan fingerprint density at radius 2 is 1.80 bits per heavy atom. The number of benzene rings is 1. The van der Waals surface area contributed by atoms with E-state index in [2.05, 4.69) is 35.8 Å². The first-order chi connectivity index (χ1) is 9.73. The van der Waals surface area contributed by atoms with Gasteiger partial charge in [-0.1, -0.05) is 6.92 Å². The molecule has 1 aromatic carbocycles. The lowest BCUT2D eigenvalue weighted by molar-refractivity contribution is 0.392. The molecule has 0 bridgehead atoms. The number of methoxy groups -OCH3 is 2. The molecular formula is C16H21NO2S. The highest BCUT2D eigenvalue weighted by atomic mass is 32.1. The van der Waals surface area contributed by atoms with E-state index in [9.17, 15) is 0 Å². The minimum atomic E-state index is 0.161. The van der Waals surface area contributed by atoms with E-state index in [1.807, 2.05) is 13.1 Å². The van der Waals surface area contributed by atoms with Gasteiger partial charge in [0.25, 0.3) is 0 Å². The molecule has 108 valence electrons. The zero-order valence-corrected chi connectivity index (χ0v) is 13.2. The van der Waals surface area contributed by atoms with E-state index >= 15 is 0 Å². The lowest BCUT2D eigenvalue weighted by Gasteiger charge is -2.19. The van der Waals surface area contributed by atoms with Crippen LogP contribution in [0, 0.1) is 0 Å². The number of nitrogens with one attached hydrogen (secondary N) is 1. The molecule has 0 amide bonds. The summed E-state index contributed by atoms with van der Waals surface area (Å²) in [5, 5.41) is 5.55. The Kier molecular flexibility index (Phi) is 5.04. The van der Waals surface area contributed by atoms with Crippen LogP contribution in [0.5, 0.6) is 11.5 Å². The fourth-order valence-electron chi connectivity index (χ4n) is 2.34. The summed E-state index contributed by atoms with van der Waals surface area (Å²) in [6.45, 7) is 2.18. The molecule has 2 aromatic rings. The Balaban J connectivity index is 2.46. The molecule has 0 spiro atoms. The van der Waals surface area contributed by atoms with E-state index in [1.54, 1.807) is 25.6 Å². The predicted molar refractivity (Wildman–Crippen MR) is 84.1 cm³/mol. The average Bonchev–Trinajstić information content (AvgIpc) is 2.96. The zero-order valence-electron chi connectivity index (χ0n) is 12.4. The topological polar surface area (TPSA) is 30.5 Å². The summed E-state index contributed by atoms with van der Waals surface area (Å²) in [6.07, 6.45) is 1.04. The van der Waals surface area contributed by atoms with Crippen LogP contribution in [0.1, 0.15) is 29.0 Å². The van der Waals surface area contributed by atoms with Crippen molar-refractivity contribution in [2.75, 3.05) is 21.3 Å². The Morgan fingerprint density at radius 1 is 1.15 bits per heavy atom. The van der Waals surface area contributed by atoms with Crippen molar-refractivity contribution in [1.29, 1.82) is 0 Å². The number of aryl methyl sites for hydroxylation is 1. The van der Waals surface area contributed by atoms with Crippen LogP contribution in [0.3, 0.4) is 0 Å². The van der Waals surface area contributed by atoms with Crippen LogP contribution in [-0.4, -0.2) is 21.3 Å². The van der Waals surface area contributed by atoms with Gasteiger partial charge in [-0.05, 0) is 48.2 Å². The molecule has 0 fully saturated rings. The quantitative estimate of drug-likeness (QED) is 0.881. The average molecular weight is 291 g/mol. The minimum Gasteiger partial charge on any atom is -0.497 e. The Hall–Kier alpha value is -1.52. The molecule has 0 aliphatic heterocycles. The third-order valence-corrected chi connectivity index (χ3v) is 4.44.